The highest BCUT2D eigenvalue weighted by Gasteiger charge is 2.43. The van der Waals surface area contributed by atoms with E-state index in [1.807, 2.05) is 7.05 Å². The summed E-state index contributed by atoms with van der Waals surface area (Å²) in [6.45, 7) is 5.24. The van der Waals surface area contributed by atoms with Crippen molar-refractivity contribution in [3.63, 3.8) is 0 Å². The van der Waals surface area contributed by atoms with Gasteiger partial charge in [-0.15, -0.1) is 0 Å². The van der Waals surface area contributed by atoms with E-state index in [4.69, 9.17) is 4.52 Å². The van der Waals surface area contributed by atoms with E-state index < -0.39 is 0 Å². The van der Waals surface area contributed by atoms with Crippen LogP contribution in [0.4, 0.5) is 5.95 Å². The van der Waals surface area contributed by atoms with Gasteiger partial charge >= 0.3 is 0 Å². The van der Waals surface area contributed by atoms with Gasteiger partial charge in [0.2, 0.25) is 11.8 Å². The second kappa shape index (κ2) is 5.76. The summed E-state index contributed by atoms with van der Waals surface area (Å²) < 4.78 is 7.33. The number of nitrogens with zero attached hydrogens (tertiary/aromatic N) is 8. The SMILES string of the molecule is C[C@H](c1nc(C2CC2)no1)N1C[C@H]2CCCN(c3nnnn3C)[C@H]2C1. The number of fused-ring (bicyclic) bond motifs is 1. The van der Waals surface area contributed by atoms with E-state index in [1.165, 1.54) is 25.7 Å². The maximum atomic E-state index is 5.56. The number of hydrogen-bond acceptors (Lipinski definition) is 8. The number of anilines is 1. The lowest BCUT2D eigenvalue weighted by atomic mass is 9.92. The first kappa shape index (κ1) is 15.2. The van der Waals surface area contributed by atoms with E-state index in [1.54, 1.807) is 4.68 Å². The van der Waals surface area contributed by atoms with Gasteiger partial charge in [0.05, 0.1) is 6.04 Å². The molecule has 0 spiro atoms. The van der Waals surface area contributed by atoms with Crippen LogP contribution in [0.2, 0.25) is 0 Å². The summed E-state index contributed by atoms with van der Waals surface area (Å²) in [4.78, 5) is 9.50. The number of rotatable bonds is 4. The number of hydrogen-bond donors (Lipinski definition) is 0. The van der Waals surface area contributed by atoms with Crippen molar-refractivity contribution < 1.29 is 4.52 Å². The van der Waals surface area contributed by atoms with Gasteiger partial charge in [-0.05, 0) is 49.0 Å². The Kier molecular flexibility index (Phi) is 3.51. The third kappa shape index (κ3) is 2.61. The van der Waals surface area contributed by atoms with Crippen molar-refractivity contribution >= 4 is 5.95 Å². The van der Waals surface area contributed by atoms with Gasteiger partial charge in [-0.3, -0.25) is 4.90 Å². The van der Waals surface area contributed by atoms with E-state index in [2.05, 4.69) is 42.4 Å². The molecule has 0 unspecified atom stereocenters. The Morgan fingerprint density at radius 1 is 1.20 bits per heavy atom. The molecular weight excluding hydrogens is 320 g/mol. The van der Waals surface area contributed by atoms with E-state index >= 15 is 0 Å². The molecule has 4 heterocycles. The third-order valence-electron chi connectivity index (χ3n) is 5.97. The van der Waals surface area contributed by atoms with E-state index in [0.29, 0.717) is 17.9 Å². The molecule has 9 heteroatoms. The Morgan fingerprint density at radius 2 is 2.08 bits per heavy atom. The molecule has 3 atom stereocenters. The highest BCUT2D eigenvalue weighted by atomic mass is 16.5. The van der Waals surface area contributed by atoms with Crippen molar-refractivity contribution in [1.29, 1.82) is 0 Å². The van der Waals surface area contributed by atoms with E-state index in [-0.39, 0.29) is 6.04 Å². The molecule has 2 aromatic heterocycles. The third-order valence-corrected chi connectivity index (χ3v) is 5.97. The van der Waals surface area contributed by atoms with Crippen LogP contribution in [0.15, 0.2) is 4.52 Å². The smallest absolute Gasteiger partial charge is 0.245 e. The standard InChI is InChI=1S/C16H24N8O/c1-10(15-17-14(19-25-15)11-5-6-11)23-8-12-4-3-7-24(13(12)9-23)16-18-20-21-22(16)2/h10-13H,3-9H2,1-2H3/t10-,12-,13+/m1/s1. The van der Waals surface area contributed by atoms with E-state index in [0.717, 1.165) is 37.3 Å². The molecule has 25 heavy (non-hydrogen) atoms. The number of piperidine rings is 1. The molecule has 0 amide bonds. The fraction of sp³-hybridized carbons (Fsp3) is 0.812. The quantitative estimate of drug-likeness (QED) is 0.815. The average molecular weight is 344 g/mol. The second-order valence-electron chi connectivity index (χ2n) is 7.66. The molecule has 0 radical (unpaired) electrons. The molecule has 2 aliphatic heterocycles. The minimum Gasteiger partial charge on any atom is -0.338 e. The van der Waals surface area contributed by atoms with Gasteiger partial charge in [-0.1, -0.05) is 10.3 Å². The summed E-state index contributed by atoms with van der Waals surface area (Å²) in [5.74, 6) is 3.69. The first-order valence-corrected chi connectivity index (χ1v) is 9.27. The zero-order valence-electron chi connectivity index (χ0n) is 14.7. The predicted molar refractivity (Wildman–Crippen MR) is 88.9 cm³/mol. The Balaban J connectivity index is 1.34. The Labute approximate surface area is 146 Å². The molecule has 5 rings (SSSR count). The second-order valence-corrected chi connectivity index (χ2v) is 7.66. The summed E-state index contributed by atoms with van der Waals surface area (Å²) in [5, 5.41) is 16.2. The van der Waals surface area contributed by atoms with Crippen LogP contribution in [0, 0.1) is 5.92 Å². The van der Waals surface area contributed by atoms with Crippen molar-refractivity contribution in [2.75, 3.05) is 24.5 Å². The van der Waals surface area contributed by atoms with Gasteiger partial charge in [-0.25, -0.2) is 4.68 Å². The lowest BCUT2D eigenvalue weighted by Crippen LogP contribution is -2.46. The van der Waals surface area contributed by atoms with Crippen LogP contribution < -0.4 is 4.90 Å². The maximum Gasteiger partial charge on any atom is 0.245 e. The van der Waals surface area contributed by atoms with Crippen molar-refractivity contribution in [3.8, 4) is 0 Å². The van der Waals surface area contributed by atoms with Crippen molar-refractivity contribution in [2.24, 2.45) is 13.0 Å². The van der Waals surface area contributed by atoms with Gasteiger partial charge in [0.15, 0.2) is 5.82 Å². The van der Waals surface area contributed by atoms with Gasteiger partial charge in [0, 0.05) is 38.6 Å². The first-order chi connectivity index (χ1) is 12.2. The molecule has 3 aliphatic rings. The monoisotopic (exact) mass is 344 g/mol. The Bertz CT molecular complexity index is 753. The molecule has 2 aromatic rings. The number of aryl methyl sites for hydroxylation is 1. The zero-order valence-corrected chi connectivity index (χ0v) is 14.7. The van der Waals surface area contributed by atoms with Gasteiger partial charge in [0.25, 0.3) is 0 Å². The predicted octanol–water partition coefficient (Wildman–Crippen LogP) is 1.13. The fourth-order valence-electron chi connectivity index (χ4n) is 4.33. The summed E-state index contributed by atoms with van der Waals surface area (Å²) in [7, 11) is 1.91. The Morgan fingerprint density at radius 3 is 2.84 bits per heavy atom. The lowest BCUT2D eigenvalue weighted by Gasteiger charge is -2.36. The normalized spacial score (nSPS) is 28.3. The molecule has 3 fully saturated rings. The minimum absolute atomic E-state index is 0.157. The first-order valence-electron chi connectivity index (χ1n) is 9.27. The van der Waals surface area contributed by atoms with Gasteiger partial charge < -0.3 is 9.42 Å². The van der Waals surface area contributed by atoms with Crippen LogP contribution in [-0.2, 0) is 7.05 Å². The van der Waals surface area contributed by atoms with Crippen LogP contribution >= 0.6 is 0 Å². The van der Waals surface area contributed by atoms with Gasteiger partial charge in [-0.2, -0.15) is 4.98 Å². The summed E-state index contributed by atoms with van der Waals surface area (Å²) in [6, 6.07) is 0.608. The largest absolute Gasteiger partial charge is 0.338 e. The van der Waals surface area contributed by atoms with Crippen molar-refractivity contribution in [2.45, 2.75) is 50.6 Å². The highest BCUT2D eigenvalue weighted by Crippen LogP contribution is 2.40. The summed E-state index contributed by atoms with van der Waals surface area (Å²) in [6.07, 6.45) is 4.83. The van der Waals surface area contributed by atoms with Crippen molar-refractivity contribution in [1.82, 2.24) is 35.2 Å². The molecule has 9 nitrogen and oxygen atoms in total. The number of tetrazole rings is 1. The number of likely N-dealkylation sites (tertiary alicyclic amines) is 1. The van der Waals surface area contributed by atoms with Crippen LogP contribution in [0.3, 0.4) is 0 Å². The Hall–Kier alpha value is -2.03. The maximum absolute atomic E-state index is 5.56. The zero-order chi connectivity index (χ0) is 17.0. The molecule has 0 aromatic carbocycles. The minimum atomic E-state index is 0.157. The topological polar surface area (TPSA) is 89.0 Å². The number of aromatic nitrogens is 6. The molecule has 0 N–H and O–H groups in total. The molecule has 1 saturated carbocycles. The van der Waals surface area contributed by atoms with Crippen LogP contribution in [0.25, 0.3) is 0 Å². The van der Waals surface area contributed by atoms with Crippen LogP contribution in [0.1, 0.15) is 56.3 Å². The van der Waals surface area contributed by atoms with Crippen LogP contribution in [-0.4, -0.2) is 60.9 Å². The summed E-state index contributed by atoms with van der Waals surface area (Å²) >= 11 is 0. The fourth-order valence-corrected chi connectivity index (χ4v) is 4.33. The molecular formula is C16H24N8O. The van der Waals surface area contributed by atoms with Crippen LogP contribution in [0.5, 0.6) is 0 Å². The highest BCUT2D eigenvalue weighted by molar-refractivity contribution is 5.33. The molecule has 0 bridgehead atoms. The molecule has 134 valence electrons. The van der Waals surface area contributed by atoms with Crippen molar-refractivity contribution in [3.05, 3.63) is 11.7 Å². The molecule has 2 saturated heterocycles. The lowest BCUT2D eigenvalue weighted by molar-refractivity contribution is 0.201. The summed E-state index contributed by atoms with van der Waals surface area (Å²) in [5.41, 5.74) is 0. The molecule has 1 aliphatic carbocycles. The average Bonchev–Trinajstić information content (AvgIpc) is 3.03. The van der Waals surface area contributed by atoms with E-state index in [9.17, 15) is 0 Å². The van der Waals surface area contributed by atoms with Gasteiger partial charge in [0.1, 0.15) is 0 Å².